The zero-order chi connectivity index (χ0) is 20.0. The fourth-order valence-electron chi connectivity index (χ4n) is 2.41. The summed E-state index contributed by atoms with van der Waals surface area (Å²) < 4.78 is 0. The van der Waals surface area contributed by atoms with Crippen molar-refractivity contribution in [2.75, 3.05) is 19.6 Å². The van der Waals surface area contributed by atoms with Gasteiger partial charge in [-0.2, -0.15) is 0 Å². The van der Waals surface area contributed by atoms with Gasteiger partial charge in [-0.15, -0.1) is 5.06 Å². The van der Waals surface area contributed by atoms with Gasteiger partial charge in [-0.1, -0.05) is 0 Å². The van der Waals surface area contributed by atoms with Crippen LogP contribution in [-0.4, -0.2) is 71.0 Å². The summed E-state index contributed by atoms with van der Waals surface area (Å²) in [7, 11) is 0. The molecule has 0 aromatic carbocycles. The Kier molecular flexibility index (Phi) is 6.57. The Morgan fingerprint density at radius 1 is 0.815 bits per heavy atom. The molecule has 27 heavy (non-hydrogen) atoms. The number of nitrogens with zero attached hydrogens (tertiary/aromatic N) is 2. The van der Waals surface area contributed by atoms with E-state index in [0.717, 1.165) is 4.90 Å². The second kappa shape index (κ2) is 8.87. The molecule has 0 saturated carbocycles. The molecular weight excluding hydrogens is 364 g/mol. The van der Waals surface area contributed by atoms with Gasteiger partial charge >= 0.3 is 5.97 Å². The lowest BCUT2D eigenvalue weighted by atomic mass is 10.3. The first-order valence-corrected chi connectivity index (χ1v) is 8.21. The third-order valence-electron chi connectivity index (χ3n) is 3.76. The van der Waals surface area contributed by atoms with Crippen LogP contribution >= 0.6 is 0 Å². The van der Waals surface area contributed by atoms with E-state index in [0.29, 0.717) is 5.06 Å². The minimum absolute atomic E-state index is 0.00478. The summed E-state index contributed by atoms with van der Waals surface area (Å²) in [5, 5.41) is 4.85. The van der Waals surface area contributed by atoms with Crippen molar-refractivity contribution in [2.45, 2.75) is 32.1 Å². The van der Waals surface area contributed by atoms with Crippen molar-refractivity contribution in [1.82, 2.24) is 20.6 Å². The molecule has 0 aliphatic carbocycles. The molecule has 2 N–H and O–H groups in total. The molecular formula is C15H18N4O8. The summed E-state index contributed by atoms with van der Waals surface area (Å²) in [6.45, 7) is -0.597. The van der Waals surface area contributed by atoms with Crippen LogP contribution in [0.4, 0.5) is 0 Å². The van der Waals surface area contributed by atoms with Crippen molar-refractivity contribution in [3.05, 3.63) is 0 Å². The number of carbonyl (C=O) groups is 7. The van der Waals surface area contributed by atoms with Gasteiger partial charge in [0, 0.05) is 38.8 Å². The summed E-state index contributed by atoms with van der Waals surface area (Å²) in [6, 6.07) is 0. The topological polar surface area (TPSA) is 159 Å². The molecule has 2 fully saturated rings. The quantitative estimate of drug-likeness (QED) is 0.340. The summed E-state index contributed by atoms with van der Waals surface area (Å²) >= 11 is 0. The predicted octanol–water partition coefficient (Wildman–Crippen LogP) is -2.63. The van der Waals surface area contributed by atoms with Gasteiger partial charge in [-0.05, 0) is 0 Å². The van der Waals surface area contributed by atoms with Crippen LogP contribution in [0, 0.1) is 0 Å². The van der Waals surface area contributed by atoms with Crippen LogP contribution in [0.5, 0.6) is 0 Å². The number of hydroxylamine groups is 2. The summed E-state index contributed by atoms with van der Waals surface area (Å²) in [5.41, 5.74) is 0. The molecule has 0 spiro atoms. The third-order valence-corrected chi connectivity index (χ3v) is 3.76. The van der Waals surface area contributed by atoms with Gasteiger partial charge in [-0.3, -0.25) is 33.7 Å². The van der Waals surface area contributed by atoms with E-state index < -0.39 is 42.6 Å². The normalized spacial score (nSPS) is 16.7. The monoisotopic (exact) mass is 382 g/mol. The number of likely N-dealkylation sites (tertiary alicyclic amines) is 1. The molecule has 2 aliphatic rings. The van der Waals surface area contributed by atoms with Gasteiger partial charge in [0.2, 0.25) is 23.6 Å². The number of nitrogens with one attached hydrogen (secondary N) is 2. The summed E-state index contributed by atoms with van der Waals surface area (Å²) in [6.07, 6.45) is -0.378. The molecule has 0 unspecified atom stereocenters. The Morgan fingerprint density at radius 3 is 1.93 bits per heavy atom. The highest BCUT2D eigenvalue weighted by Crippen LogP contribution is 2.12. The van der Waals surface area contributed by atoms with Crippen molar-refractivity contribution in [1.29, 1.82) is 0 Å². The van der Waals surface area contributed by atoms with Crippen molar-refractivity contribution in [2.24, 2.45) is 0 Å². The summed E-state index contributed by atoms with van der Waals surface area (Å²) in [4.78, 5) is 85.7. The fourth-order valence-corrected chi connectivity index (χ4v) is 2.41. The number of carbonyl (C=O) groups excluding carboxylic acids is 7. The van der Waals surface area contributed by atoms with Crippen LogP contribution in [0.1, 0.15) is 32.1 Å². The molecule has 2 heterocycles. The Morgan fingerprint density at radius 2 is 1.33 bits per heavy atom. The molecule has 12 nitrogen and oxygen atoms in total. The fraction of sp³-hybridized carbons (Fsp3) is 0.533. The number of rotatable bonds is 8. The smallest absolute Gasteiger partial charge is 0.352 e. The minimum Gasteiger partial charge on any atom is -0.354 e. The van der Waals surface area contributed by atoms with E-state index >= 15 is 0 Å². The zero-order valence-electron chi connectivity index (χ0n) is 14.3. The van der Waals surface area contributed by atoms with Crippen LogP contribution in [0.15, 0.2) is 0 Å². The first kappa shape index (κ1) is 20.0. The molecule has 2 aliphatic heterocycles. The van der Waals surface area contributed by atoms with E-state index in [4.69, 9.17) is 0 Å². The second-order valence-electron chi connectivity index (χ2n) is 5.79. The molecule has 0 radical (unpaired) electrons. The molecule has 2 saturated heterocycles. The highest BCUT2D eigenvalue weighted by molar-refractivity contribution is 6.02. The SMILES string of the molecule is O=C(CC(=O)NCC(=O)ON1C(=O)CCC1=O)NCCN1C(=O)CCC1=O. The maximum Gasteiger partial charge on any atom is 0.352 e. The number of imide groups is 2. The Labute approximate surface area is 153 Å². The predicted molar refractivity (Wildman–Crippen MR) is 83.8 cm³/mol. The van der Waals surface area contributed by atoms with Crippen molar-refractivity contribution < 1.29 is 38.4 Å². The van der Waals surface area contributed by atoms with Gasteiger partial charge in [0.25, 0.3) is 11.8 Å². The van der Waals surface area contributed by atoms with Gasteiger partial charge in [0.15, 0.2) is 0 Å². The lowest BCUT2D eigenvalue weighted by molar-refractivity contribution is -0.196. The van der Waals surface area contributed by atoms with E-state index in [9.17, 15) is 33.6 Å². The Hall–Kier alpha value is -3.31. The Bertz CT molecular complexity index is 672. The molecule has 6 amide bonds. The average molecular weight is 382 g/mol. The number of hydrogen-bond donors (Lipinski definition) is 2. The van der Waals surface area contributed by atoms with E-state index in [1.807, 2.05) is 0 Å². The second-order valence-corrected chi connectivity index (χ2v) is 5.79. The molecule has 146 valence electrons. The van der Waals surface area contributed by atoms with Crippen LogP contribution in [0.2, 0.25) is 0 Å². The number of amides is 6. The highest BCUT2D eigenvalue weighted by Gasteiger charge is 2.33. The van der Waals surface area contributed by atoms with Crippen LogP contribution < -0.4 is 10.6 Å². The lowest BCUT2D eigenvalue weighted by Gasteiger charge is -2.14. The van der Waals surface area contributed by atoms with Crippen LogP contribution in [-0.2, 0) is 38.4 Å². The summed E-state index contributed by atoms with van der Waals surface area (Å²) in [5.74, 6) is -4.37. The average Bonchev–Trinajstić information content (AvgIpc) is 3.10. The van der Waals surface area contributed by atoms with Crippen molar-refractivity contribution in [3.8, 4) is 0 Å². The van der Waals surface area contributed by atoms with E-state index in [1.165, 1.54) is 0 Å². The van der Waals surface area contributed by atoms with E-state index in [2.05, 4.69) is 15.5 Å². The van der Waals surface area contributed by atoms with Crippen molar-refractivity contribution in [3.63, 3.8) is 0 Å². The van der Waals surface area contributed by atoms with Gasteiger partial charge in [0.05, 0.1) is 0 Å². The maximum atomic E-state index is 11.6. The van der Waals surface area contributed by atoms with Gasteiger partial charge in [0.1, 0.15) is 13.0 Å². The third kappa shape index (κ3) is 5.59. The van der Waals surface area contributed by atoms with Gasteiger partial charge < -0.3 is 15.5 Å². The standard InChI is InChI=1S/C15H18N4O8/c20-9(16-5-6-18-11(22)1-2-12(18)23)7-10(21)17-8-15(26)27-19-13(24)3-4-14(19)25/h1-8H2,(H,16,20)(H,17,21). The first-order chi connectivity index (χ1) is 12.8. The number of hydrogen-bond acceptors (Lipinski definition) is 8. The zero-order valence-corrected chi connectivity index (χ0v) is 14.3. The highest BCUT2D eigenvalue weighted by atomic mass is 16.7. The van der Waals surface area contributed by atoms with Crippen LogP contribution in [0.25, 0.3) is 0 Å². The molecule has 2 rings (SSSR count). The Balaban J connectivity index is 1.62. The van der Waals surface area contributed by atoms with Crippen LogP contribution in [0.3, 0.4) is 0 Å². The van der Waals surface area contributed by atoms with E-state index in [-0.39, 0.29) is 50.6 Å². The molecule has 0 atom stereocenters. The molecule has 0 aromatic heterocycles. The molecule has 0 bridgehead atoms. The lowest BCUT2D eigenvalue weighted by Crippen LogP contribution is -2.40. The first-order valence-electron chi connectivity index (χ1n) is 8.21. The van der Waals surface area contributed by atoms with Gasteiger partial charge in [-0.25, -0.2) is 4.79 Å². The molecule has 0 aromatic rings. The minimum atomic E-state index is -1.03. The molecule has 12 heteroatoms. The van der Waals surface area contributed by atoms with E-state index in [1.54, 1.807) is 0 Å². The van der Waals surface area contributed by atoms with Crippen molar-refractivity contribution >= 4 is 41.4 Å². The maximum absolute atomic E-state index is 11.6. The largest absolute Gasteiger partial charge is 0.354 e.